The highest BCUT2D eigenvalue weighted by Gasteiger charge is 2.27. The number of ether oxygens (including phenoxy) is 1. The molecule has 0 bridgehead atoms. The summed E-state index contributed by atoms with van der Waals surface area (Å²) in [4.78, 5) is 10.5. The number of rotatable bonds is 7. The third-order valence-corrected chi connectivity index (χ3v) is 8.34. The molecule has 1 fully saturated rings. The first-order valence-electron chi connectivity index (χ1n) is 13.5. The van der Waals surface area contributed by atoms with Crippen molar-refractivity contribution in [2.24, 2.45) is 0 Å². The van der Waals surface area contributed by atoms with Gasteiger partial charge in [-0.05, 0) is 74.8 Å². The number of nitrogens with zero attached hydrogens (tertiary/aromatic N) is 3. The van der Waals surface area contributed by atoms with Crippen LogP contribution in [0.25, 0.3) is 11.3 Å². The summed E-state index contributed by atoms with van der Waals surface area (Å²) in [6.45, 7) is 4.94. The second-order valence-corrected chi connectivity index (χ2v) is 12.7. The molecule has 0 amide bonds. The van der Waals surface area contributed by atoms with Gasteiger partial charge in [0.2, 0.25) is 10.0 Å². The zero-order valence-electron chi connectivity index (χ0n) is 22.8. The molecule has 0 spiro atoms. The predicted octanol–water partition coefficient (Wildman–Crippen LogP) is 5.33. The highest BCUT2D eigenvalue weighted by molar-refractivity contribution is 7.88. The third-order valence-electron chi connectivity index (χ3n) is 7.58. The van der Waals surface area contributed by atoms with E-state index in [1.165, 1.54) is 12.1 Å². The highest BCUT2D eigenvalue weighted by Crippen LogP contribution is 2.39. The van der Waals surface area contributed by atoms with Crippen LogP contribution in [0.5, 0.6) is 5.75 Å². The maximum atomic E-state index is 15.2. The number of benzene rings is 2. The fourth-order valence-corrected chi connectivity index (χ4v) is 6.53. The number of anilines is 1. The molecular formula is C29H33F3N4O3S. The number of fused-ring (bicyclic) bond motifs is 1. The summed E-state index contributed by atoms with van der Waals surface area (Å²) in [6, 6.07) is 7.88. The second kappa shape index (κ2) is 11.4. The standard InChI is InChI=1S/C29H33F3N4O3S/c1-17(2)36-10-11-39-29-24(31)14-20(15-26(29)36)28-25(32)16-33-27(34-28)13-18-4-9-22(23(30)12-18)19-5-7-21(8-6-19)35-40(3,37)38/h4,9,12,14-17,19,21,35H,5-8,10-11,13H2,1-3H3. The van der Waals surface area contributed by atoms with Gasteiger partial charge in [-0.2, -0.15) is 0 Å². The van der Waals surface area contributed by atoms with Crippen LogP contribution in [0.15, 0.2) is 36.5 Å². The Bertz CT molecular complexity index is 1510. The molecule has 2 heterocycles. The summed E-state index contributed by atoms with van der Waals surface area (Å²) >= 11 is 0. The van der Waals surface area contributed by atoms with Gasteiger partial charge in [-0.15, -0.1) is 0 Å². The van der Waals surface area contributed by atoms with Crippen LogP contribution in [0.1, 0.15) is 62.4 Å². The van der Waals surface area contributed by atoms with Gasteiger partial charge in [-0.25, -0.2) is 36.3 Å². The van der Waals surface area contributed by atoms with E-state index >= 15 is 4.39 Å². The maximum absolute atomic E-state index is 15.2. The van der Waals surface area contributed by atoms with Gasteiger partial charge in [0.1, 0.15) is 23.9 Å². The lowest BCUT2D eigenvalue weighted by molar-refractivity contribution is 0.287. The Morgan fingerprint density at radius 3 is 2.48 bits per heavy atom. The Morgan fingerprint density at radius 1 is 1.05 bits per heavy atom. The van der Waals surface area contributed by atoms with Crippen LogP contribution in [-0.2, 0) is 16.4 Å². The lowest BCUT2D eigenvalue weighted by Crippen LogP contribution is -2.38. The number of sulfonamides is 1. The zero-order valence-corrected chi connectivity index (χ0v) is 23.6. The summed E-state index contributed by atoms with van der Waals surface area (Å²) in [5.41, 5.74) is 2.02. The number of halogens is 3. The average Bonchev–Trinajstić information content (AvgIpc) is 2.89. The largest absolute Gasteiger partial charge is 0.486 e. The minimum Gasteiger partial charge on any atom is -0.486 e. The molecule has 0 radical (unpaired) electrons. The molecule has 214 valence electrons. The van der Waals surface area contributed by atoms with Crippen molar-refractivity contribution in [1.29, 1.82) is 0 Å². The molecule has 7 nitrogen and oxygen atoms in total. The van der Waals surface area contributed by atoms with Crippen LogP contribution in [-0.4, -0.2) is 49.9 Å². The minimum atomic E-state index is -3.27. The first-order valence-corrected chi connectivity index (χ1v) is 15.4. The second-order valence-electron chi connectivity index (χ2n) is 10.9. The molecule has 1 N–H and O–H groups in total. The van der Waals surface area contributed by atoms with Gasteiger partial charge in [0.05, 0.1) is 24.7 Å². The molecule has 3 aromatic rings. The van der Waals surface area contributed by atoms with E-state index in [4.69, 9.17) is 4.74 Å². The van der Waals surface area contributed by atoms with Crippen LogP contribution >= 0.6 is 0 Å². The van der Waals surface area contributed by atoms with Gasteiger partial charge >= 0.3 is 0 Å². The Morgan fingerprint density at radius 2 is 1.80 bits per heavy atom. The van der Waals surface area contributed by atoms with Crippen LogP contribution in [0.2, 0.25) is 0 Å². The van der Waals surface area contributed by atoms with E-state index in [9.17, 15) is 17.2 Å². The first kappa shape index (κ1) is 28.4. The summed E-state index contributed by atoms with van der Waals surface area (Å²) < 4.78 is 76.2. The van der Waals surface area contributed by atoms with Crippen LogP contribution in [0, 0.1) is 17.5 Å². The van der Waals surface area contributed by atoms with Gasteiger partial charge < -0.3 is 9.64 Å². The monoisotopic (exact) mass is 574 g/mol. The Labute approximate surface area is 232 Å². The van der Waals surface area contributed by atoms with Crippen molar-refractivity contribution < 1.29 is 26.3 Å². The summed E-state index contributed by atoms with van der Waals surface area (Å²) in [5, 5.41) is 0. The van der Waals surface area contributed by atoms with Crippen LogP contribution in [0.4, 0.5) is 18.9 Å². The van der Waals surface area contributed by atoms with Crippen molar-refractivity contribution in [2.75, 3.05) is 24.3 Å². The number of aromatic nitrogens is 2. The minimum absolute atomic E-state index is 0.00798. The summed E-state index contributed by atoms with van der Waals surface area (Å²) in [6.07, 6.45) is 5.04. The van der Waals surface area contributed by atoms with Crippen LogP contribution < -0.4 is 14.4 Å². The first-order chi connectivity index (χ1) is 19.0. The molecule has 5 rings (SSSR count). The summed E-state index contributed by atoms with van der Waals surface area (Å²) in [5.74, 6) is -1.17. The zero-order chi connectivity index (χ0) is 28.6. The Kier molecular flexibility index (Phi) is 8.05. The van der Waals surface area contributed by atoms with E-state index < -0.39 is 21.7 Å². The number of hydrogen-bond acceptors (Lipinski definition) is 6. The van der Waals surface area contributed by atoms with E-state index in [0.717, 1.165) is 12.5 Å². The van der Waals surface area contributed by atoms with Crippen molar-refractivity contribution in [2.45, 2.75) is 64.0 Å². The summed E-state index contributed by atoms with van der Waals surface area (Å²) in [7, 11) is -3.27. The lowest BCUT2D eigenvalue weighted by atomic mass is 9.81. The number of hydrogen-bond donors (Lipinski definition) is 1. The van der Waals surface area contributed by atoms with Crippen LogP contribution in [0.3, 0.4) is 0 Å². The van der Waals surface area contributed by atoms with Gasteiger partial charge in [-0.3, -0.25) is 0 Å². The molecule has 1 aliphatic heterocycles. The van der Waals surface area contributed by atoms with E-state index in [2.05, 4.69) is 14.7 Å². The van der Waals surface area contributed by atoms with Gasteiger partial charge in [-0.1, -0.05) is 12.1 Å². The quantitative estimate of drug-likeness (QED) is 0.411. The van der Waals surface area contributed by atoms with Crippen molar-refractivity contribution in [3.05, 3.63) is 70.9 Å². The lowest BCUT2D eigenvalue weighted by Gasteiger charge is -2.34. The molecule has 0 unspecified atom stereocenters. The third kappa shape index (κ3) is 6.25. The molecule has 0 saturated heterocycles. The maximum Gasteiger partial charge on any atom is 0.208 e. The molecule has 2 aromatic carbocycles. The SMILES string of the molecule is CC(C)N1CCOc2c(F)cc(-c3nc(Cc4ccc(C5CCC(NS(C)(=O)=O)CC5)c(F)c4)ncc3F)cc21. The Balaban J connectivity index is 1.34. The van der Waals surface area contributed by atoms with Gasteiger partial charge in [0, 0.05) is 24.1 Å². The fraction of sp³-hybridized carbons (Fsp3) is 0.448. The molecule has 1 aliphatic carbocycles. The highest BCUT2D eigenvalue weighted by atomic mass is 32.2. The molecule has 1 saturated carbocycles. The normalized spacial score (nSPS) is 19.4. The van der Waals surface area contributed by atoms with Gasteiger partial charge in [0.25, 0.3) is 0 Å². The molecule has 0 atom stereocenters. The topological polar surface area (TPSA) is 84.4 Å². The van der Waals surface area contributed by atoms with E-state index in [0.29, 0.717) is 55.6 Å². The van der Waals surface area contributed by atoms with E-state index in [1.807, 2.05) is 24.8 Å². The Hall–Kier alpha value is -3.18. The molecule has 11 heteroatoms. The molecular weight excluding hydrogens is 541 g/mol. The molecule has 40 heavy (non-hydrogen) atoms. The van der Waals surface area contributed by atoms with Gasteiger partial charge in [0.15, 0.2) is 17.4 Å². The molecule has 2 aliphatic rings. The number of nitrogens with one attached hydrogen (secondary N) is 1. The van der Waals surface area contributed by atoms with E-state index in [-0.39, 0.29) is 53.1 Å². The van der Waals surface area contributed by atoms with Crippen molar-refractivity contribution in [3.8, 4) is 17.0 Å². The predicted molar refractivity (Wildman–Crippen MR) is 148 cm³/mol. The van der Waals surface area contributed by atoms with Crippen molar-refractivity contribution >= 4 is 15.7 Å². The molecule has 1 aromatic heterocycles. The van der Waals surface area contributed by atoms with Crippen molar-refractivity contribution in [1.82, 2.24) is 14.7 Å². The average molecular weight is 575 g/mol. The van der Waals surface area contributed by atoms with E-state index in [1.54, 1.807) is 12.1 Å². The smallest absolute Gasteiger partial charge is 0.208 e. The fourth-order valence-electron chi connectivity index (χ4n) is 5.69. The van der Waals surface area contributed by atoms with Crippen molar-refractivity contribution in [3.63, 3.8) is 0 Å².